The van der Waals surface area contributed by atoms with Crippen molar-refractivity contribution in [2.75, 3.05) is 0 Å². The van der Waals surface area contributed by atoms with Gasteiger partial charge < -0.3 is 4.42 Å². The third-order valence-corrected chi connectivity index (χ3v) is 6.78. The minimum atomic E-state index is 0.559. The van der Waals surface area contributed by atoms with Gasteiger partial charge in [-0.3, -0.25) is 0 Å². The van der Waals surface area contributed by atoms with Gasteiger partial charge in [-0.2, -0.15) is 9.66 Å². The van der Waals surface area contributed by atoms with E-state index >= 15 is 0 Å². The van der Waals surface area contributed by atoms with Crippen molar-refractivity contribution in [1.29, 1.82) is 5.26 Å². The first-order valence-electron chi connectivity index (χ1n) is 10.7. The Morgan fingerprint density at radius 2 is 1.62 bits per heavy atom. The van der Waals surface area contributed by atoms with Gasteiger partial charge in [-0.25, -0.2) is 4.57 Å². The van der Waals surface area contributed by atoms with Crippen LogP contribution in [0.3, 0.4) is 0 Å². The van der Waals surface area contributed by atoms with Crippen LogP contribution in [0.1, 0.15) is 11.1 Å². The summed E-state index contributed by atoms with van der Waals surface area (Å²) in [6.45, 7) is 2.18. The van der Waals surface area contributed by atoms with E-state index in [9.17, 15) is 5.26 Å². The lowest BCUT2D eigenvalue weighted by molar-refractivity contribution is -0.617. The van der Waals surface area contributed by atoms with Crippen molar-refractivity contribution in [2.24, 2.45) is 7.05 Å². The Morgan fingerprint density at radius 1 is 0.844 bits per heavy atom. The Labute approximate surface area is 183 Å². The van der Waals surface area contributed by atoms with Crippen LogP contribution >= 0.6 is 0 Å². The molecule has 4 aromatic carbocycles. The lowest BCUT2D eigenvalue weighted by Crippen LogP contribution is -2.27. The molecule has 0 saturated carbocycles. The second-order valence-corrected chi connectivity index (χ2v) is 8.44. The van der Waals surface area contributed by atoms with E-state index in [2.05, 4.69) is 83.6 Å². The van der Waals surface area contributed by atoms with Crippen LogP contribution < -0.4 is 4.57 Å². The van der Waals surface area contributed by atoms with Gasteiger partial charge in [-0.05, 0) is 36.8 Å². The number of nitrogens with zero attached hydrogens (tertiary/aromatic N) is 3. The first-order chi connectivity index (χ1) is 15.7. The van der Waals surface area contributed by atoms with Gasteiger partial charge in [0.2, 0.25) is 0 Å². The molecule has 0 unspecified atom stereocenters. The van der Waals surface area contributed by atoms with Crippen molar-refractivity contribution in [3.63, 3.8) is 0 Å². The summed E-state index contributed by atoms with van der Waals surface area (Å²) in [7, 11) is 2.13. The van der Waals surface area contributed by atoms with Crippen LogP contribution in [0.4, 0.5) is 0 Å². The Hall–Kier alpha value is -4.36. The summed E-state index contributed by atoms with van der Waals surface area (Å²) in [6.07, 6.45) is 0. The highest BCUT2D eigenvalue weighted by atomic mass is 16.3. The van der Waals surface area contributed by atoms with Crippen molar-refractivity contribution >= 4 is 60.3 Å². The van der Waals surface area contributed by atoms with E-state index in [-0.39, 0.29) is 0 Å². The maximum absolute atomic E-state index is 9.62. The molecule has 0 bridgehead atoms. The maximum atomic E-state index is 9.62. The highest BCUT2D eigenvalue weighted by molar-refractivity contribution is 6.21. The molecule has 0 atom stereocenters. The zero-order valence-electron chi connectivity index (χ0n) is 17.7. The molecule has 0 aliphatic heterocycles. The molecular weight excluding hydrogens is 394 g/mol. The fourth-order valence-electron chi connectivity index (χ4n) is 5.42. The van der Waals surface area contributed by atoms with E-state index in [1.54, 1.807) is 0 Å². The van der Waals surface area contributed by atoms with Gasteiger partial charge in [0, 0.05) is 16.2 Å². The number of aromatic nitrogens is 2. The molecule has 32 heavy (non-hydrogen) atoms. The molecule has 0 radical (unpaired) electrons. The van der Waals surface area contributed by atoms with Gasteiger partial charge in [-0.1, -0.05) is 48.5 Å². The molecule has 3 aromatic heterocycles. The molecule has 0 aliphatic rings. The summed E-state index contributed by atoms with van der Waals surface area (Å²) >= 11 is 0. The SMILES string of the molecule is Cc1cccc2c3ccccc3n3c4c5c(ccc4[n+](C)c3c12)oc1c(C#N)cccc15. The number of benzene rings is 4. The number of para-hydroxylation sites is 2. The molecule has 0 N–H and O–H groups in total. The van der Waals surface area contributed by atoms with Crippen LogP contribution in [-0.4, -0.2) is 4.40 Å². The third kappa shape index (κ3) is 1.94. The number of fused-ring (bicyclic) bond motifs is 12. The highest BCUT2D eigenvalue weighted by Gasteiger charge is 2.27. The first kappa shape index (κ1) is 17.3. The number of hydrogen-bond donors (Lipinski definition) is 0. The monoisotopic (exact) mass is 412 g/mol. The van der Waals surface area contributed by atoms with E-state index in [1.807, 2.05) is 18.2 Å². The van der Waals surface area contributed by atoms with Gasteiger partial charge in [0.1, 0.15) is 17.2 Å². The van der Waals surface area contributed by atoms with Crippen LogP contribution in [0.5, 0.6) is 0 Å². The Balaban J connectivity index is 1.91. The van der Waals surface area contributed by atoms with Crippen molar-refractivity contribution in [2.45, 2.75) is 6.92 Å². The van der Waals surface area contributed by atoms with E-state index in [0.29, 0.717) is 11.1 Å². The second-order valence-electron chi connectivity index (χ2n) is 8.44. The van der Waals surface area contributed by atoms with Gasteiger partial charge in [0.25, 0.3) is 5.65 Å². The highest BCUT2D eigenvalue weighted by Crippen LogP contribution is 2.39. The number of aryl methyl sites for hydroxylation is 2. The Kier molecular flexibility index (Phi) is 3.18. The van der Waals surface area contributed by atoms with Gasteiger partial charge >= 0.3 is 0 Å². The molecule has 3 heterocycles. The smallest absolute Gasteiger partial charge is 0.295 e. The van der Waals surface area contributed by atoms with Crippen LogP contribution in [0.25, 0.3) is 60.3 Å². The zero-order chi connectivity index (χ0) is 21.6. The summed E-state index contributed by atoms with van der Waals surface area (Å²) in [6, 6.07) is 27.3. The molecule has 4 heteroatoms. The molecule has 4 nitrogen and oxygen atoms in total. The van der Waals surface area contributed by atoms with Crippen molar-refractivity contribution in [3.8, 4) is 6.07 Å². The summed E-state index contributed by atoms with van der Waals surface area (Å²) in [5.74, 6) is 0. The van der Waals surface area contributed by atoms with Crippen molar-refractivity contribution in [1.82, 2.24) is 4.40 Å². The molecule has 150 valence electrons. The van der Waals surface area contributed by atoms with E-state index in [0.717, 1.165) is 38.6 Å². The largest absolute Gasteiger partial charge is 0.454 e. The number of furan rings is 1. The lowest BCUT2D eigenvalue weighted by atomic mass is 10.0. The average molecular weight is 412 g/mol. The van der Waals surface area contributed by atoms with E-state index in [1.165, 1.54) is 21.7 Å². The average Bonchev–Trinajstić information content (AvgIpc) is 3.35. The molecule has 0 spiro atoms. The lowest BCUT2D eigenvalue weighted by Gasteiger charge is -2.06. The molecule has 0 saturated heterocycles. The summed E-state index contributed by atoms with van der Waals surface area (Å²) < 4.78 is 10.9. The predicted molar refractivity (Wildman–Crippen MR) is 128 cm³/mol. The Morgan fingerprint density at radius 3 is 2.50 bits per heavy atom. The second kappa shape index (κ2) is 5.87. The molecule has 7 aromatic rings. The van der Waals surface area contributed by atoms with Crippen LogP contribution in [0, 0.1) is 18.3 Å². The number of rotatable bonds is 0. The fourth-order valence-corrected chi connectivity index (χ4v) is 5.42. The predicted octanol–water partition coefficient (Wildman–Crippen LogP) is 6.30. The minimum absolute atomic E-state index is 0.559. The molecule has 7 rings (SSSR count). The fraction of sp³-hybridized carbons (Fsp3) is 0.0714. The van der Waals surface area contributed by atoms with Crippen LogP contribution in [0.15, 0.2) is 77.2 Å². The molecule has 0 amide bonds. The van der Waals surface area contributed by atoms with Gasteiger partial charge in [-0.15, -0.1) is 0 Å². The summed E-state index contributed by atoms with van der Waals surface area (Å²) in [5, 5.41) is 15.4. The normalized spacial score (nSPS) is 12.0. The summed E-state index contributed by atoms with van der Waals surface area (Å²) in [4.78, 5) is 0. The van der Waals surface area contributed by atoms with Crippen LogP contribution in [0.2, 0.25) is 0 Å². The zero-order valence-corrected chi connectivity index (χ0v) is 17.7. The molecule has 0 fully saturated rings. The molecule has 0 aliphatic carbocycles. The topological polar surface area (TPSA) is 45.2 Å². The summed E-state index contributed by atoms with van der Waals surface area (Å²) in [5.41, 5.74) is 7.80. The van der Waals surface area contributed by atoms with E-state index in [4.69, 9.17) is 4.42 Å². The van der Waals surface area contributed by atoms with Crippen molar-refractivity contribution in [3.05, 3.63) is 83.9 Å². The minimum Gasteiger partial charge on any atom is -0.454 e. The van der Waals surface area contributed by atoms with Crippen molar-refractivity contribution < 1.29 is 8.98 Å². The third-order valence-electron chi connectivity index (χ3n) is 6.78. The molecular formula is C28H18N3O+. The Bertz CT molecular complexity index is 1960. The van der Waals surface area contributed by atoms with Gasteiger partial charge in [0.05, 0.1) is 23.4 Å². The number of nitriles is 1. The van der Waals surface area contributed by atoms with Gasteiger partial charge in [0.15, 0.2) is 16.6 Å². The number of imidazole rings is 1. The number of pyridine rings is 1. The maximum Gasteiger partial charge on any atom is 0.295 e. The van der Waals surface area contributed by atoms with Crippen LogP contribution in [-0.2, 0) is 7.05 Å². The number of hydrogen-bond acceptors (Lipinski definition) is 2. The quantitative estimate of drug-likeness (QED) is 0.217. The standard InChI is InChI=1S/C28H18N3O/c1-16-7-5-10-19-18-9-3-4-12-21(18)31-26-22(30(2)28(31)24(16)19)13-14-23-25(26)20-11-6-8-17(15-29)27(20)32-23/h3-14H,1-2H3/q+1. The first-order valence-corrected chi connectivity index (χ1v) is 10.7. The van der Waals surface area contributed by atoms with E-state index < -0.39 is 0 Å².